The molecule has 96 valence electrons. The molecule has 1 heterocycles. The average Bonchev–Trinajstić information content (AvgIpc) is 2.33. The van der Waals surface area contributed by atoms with Crippen LogP contribution in [0.1, 0.15) is 76.1 Å². The first-order valence-corrected chi connectivity index (χ1v) is 7.17. The van der Waals surface area contributed by atoms with Gasteiger partial charge in [0.05, 0.1) is 0 Å². The van der Waals surface area contributed by atoms with Crippen molar-refractivity contribution < 1.29 is 0 Å². The van der Waals surface area contributed by atoms with Crippen molar-refractivity contribution in [3.8, 4) is 0 Å². The molecule has 1 heteroatoms. The van der Waals surface area contributed by atoms with Crippen molar-refractivity contribution in [3.05, 3.63) is 29.6 Å². The Bertz CT molecular complexity index is 306. The molecule has 0 radical (unpaired) electrons. The van der Waals surface area contributed by atoms with Gasteiger partial charge in [0.2, 0.25) is 0 Å². The molecular formula is C16H27N. The van der Waals surface area contributed by atoms with Gasteiger partial charge in [0.25, 0.3) is 0 Å². The van der Waals surface area contributed by atoms with E-state index in [4.69, 9.17) is 0 Å². The summed E-state index contributed by atoms with van der Waals surface area (Å²) >= 11 is 0. The predicted molar refractivity (Wildman–Crippen MR) is 75.4 cm³/mol. The van der Waals surface area contributed by atoms with Crippen LogP contribution in [0.4, 0.5) is 0 Å². The van der Waals surface area contributed by atoms with Crippen molar-refractivity contribution >= 4 is 0 Å². The van der Waals surface area contributed by atoms with E-state index in [-0.39, 0.29) is 0 Å². The smallest absolute Gasteiger partial charge is 0.0434 e. The van der Waals surface area contributed by atoms with E-state index in [0.29, 0.717) is 5.92 Å². The van der Waals surface area contributed by atoms with Crippen LogP contribution in [0.2, 0.25) is 0 Å². The zero-order chi connectivity index (χ0) is 12.5. The number of hydrogen-bond acceptors (Lipinski definition) is 1. The summed E-state index contributed by atoms with van der Waals surface area (Å²) in [6, 6.07) is 6.35. The summed E-state index contributed by atoms with van der Waals surface area (Å²) in [6.07, 6.45) is 9.56. The third kappa shape index (κ3) is 5.86. The van der Waals surface area contributed by atoms with Crippen LogP contribution in [0.3, 0.4) is 0 Å². The largest absolute Gasteiger partial charge is 0.258 e. The van der Waals surface area contributed by atoms with Crippen LogP contribution in [0, 0.1) is 6.92 Å². The Morgan fingerprint density at radius 2 is 1.76 bits per heavy atom. The second-order valence-electron chi connectivity index (χ2n) is 5.16. The van der Waals surface area contributed by atoms with E-state index in [2.05, 4.69) is 44.0 Å². The highest BCUT2D eigenvalue weighted by Gasteiger charge is 2.06. The van der Waals surface area contributed by atoms with Gasteiger partial charge in [0, 0.05) is 11.4 Å². The van der Waals surface area contributed by atoms with E-state index in [1.165, 1.54) is 50.6 Å². The molecule has 0 N–H and O–H groups in total. The minimum Gasteiger partial charge on any atom is -0.258 e. The predicted octanol–water partition coefficient (Wildman–Crippen LogP) is 5.24. The van der Waals surface area contributed by atoms with Gasteiger partial charge in [-0.3, -0.25) is 4.98 Å². The van der Waals surface area contributed by atoms with Crippen LogP contribution in [-0.4, -0.2) is 4.98 Å². The fraction of sp³-hybridized carbons (Fsp3) is 0.688. The number of aryl methyl sites for hydroxylation is 1. The number of hydrogen-bond donors (Lipinski definition) is 0. The lowest BCUT2D eigenvalue weighted by atomic mass is 9.98. The molecule has 0 saturated carbocycles. The molecule has 0 bridgehead atoms. The van der Waals surface area contributed by atoms with E-state index in [0.717, 1.165) is 5.69 Å². The van der Waals surface area contributed by atoms with Crippen molar-refractivity contribution in [2.45, 2.75) is 71.6 Å². The normalized spacial score (nSPS) is 12.6. The van der Waals surface area contributed by atoms with Crippen molar-refractivity contribution in [3.63, 3.8) is 0 Å². The molecule has 1 atom stereocenters. The van der Waals surface area contributed by atoms with E-state index >= 15 is 0 Å². The highest BCUT2D eigenvalue weighted by molar-refractivity contribution is 5.13. The van der Waals surface area contributed by atoms with Crippen LogP contribution in [0.5, 0.6) is 0 Å². The average molecular weight is 233 g/mol. The minimum atomic E-state index is 0.612. The molecular weight excluding hydrogens is 206 g/mol. The summed E-state index contributed by atoms with van der Waals surface area (Å²) < 4.78 is 0. The Morgan fingerprint density at radius 3 is 2.47 bits per heavy atom. The zero-order valence-electron chi connectivity index (χ0n) is 11.7. The van der Waals surface area contributed by atoms with Gasteiger partial charge < -0.3 is 0 Å². The van der Waals surface area contributed by atoms with Crippen molar-refractivity contribution in [2.75, 3.05) is 0 Å². The van der Waals surface area contributed by atoms with E-state index in [1.807, 2.05) is 0 Å². The first kappa shape index (κ1) is 14.2. The summed E-state index contributed by atoms with van der Waals surface area (Å²) in [7, 11) is 0. The molecule has 0 aliphatic heterocycles. The first-order valence-electron chi connectivity index (χ1n) is 7.17. The summed E-state index contributed by atoms with van der Waals surface area (Å²) in [5, 5.41) is 0. The summed E-state index contributed by atoms with van der Waals surface area (Å²) in [5.41, 5.74) is 2.40. The van der Waals surface area contributed by atoms with Gasteiger partial charge in [0.1, 0.15) is 0 Å². The Hall–Kier alpha value is -0.850. The second-order valence-corrected chi connectivity index (χ2v) is 5.16. The third-order valence-electron chi connectivity index (χ3n) is 3.41. The lowest BCUT2D eigenvalue weighted by Crippen LogP contribution is -1.98. The maximum absolute atomic E-state index is 4.60. The number of aromatic nitrogens is 1. The van der Waals surface area contributed by atoms with E-state index in [1.54, 1.807) is 0 Å². The molecule has 1 nitrogen and oxygen atoms in total. The molecule has 0 spiro atoms. The summed E-state index contributed by atoms with van der Waals surface area (Å²) in [5.74, 6) is 0.612. The van der Waals surface area contributed by atoms with Crippen LogP contribution in [0.15, 0.2) is 18.2 Å². The van der Waals surface area contributed by atoms with Crippen molar-refractivity contribution in [1.82, 2.24) is 4.98 Å². The van der Waals surface area contributed by atoms with Crippen LogP contribution in [-0.2, 0) is 0 Å². The maximum atomic E-state index is 4.60. The highest BCUT2D eigenvalue weighted by Crippen LogP contribution is 2.20. The van der Waals surface area contributed by atoms with Gasteiger partial charge in [-0.1, -0.05) is 58.4 Å². The molecule has 0 amide bonds. The zero-order valence-corrected chi connectivity index (χ0v) is 11.7. The highest BCUT2D eigenvalue weighted by atomic mass is 14.7. The van der Waals surface area contributed by atoms with E-state index < -0.39 is 0 Å². The van der Waals surface area contributed by atoms with Gasteiger partial charge in [-0.2, -0.15) is 0 Å². The topological polar surface area (TPSA) is 12.9 Å². The number of unbranched alkanes of at least 4 members (excludes halogenated alkanes) is 5. The van der Waals surface area contributed by atoms with Gasteiger partial charge >= 0.3 is 0 Å². The van der Waals surface area contributed by atoms with Crippen LogP contribution in [0.25, 0.3) is 0 Å². The summed E-state index contributed by atoms with van der Waals surface area (Å²) in [6.45, 7) is 6.64. The lowest BCUT2D eigenvalue weighted by Gasteiger charge is -2.11. The Kier molecular flexibility index (Phi) is 6.91. The Morgan fingerprint density at radius 1 is 1.06 bits per heavy atom. The molecule has 17 heavy (non-hydrogen) atoms. The molecule has 0 aliphatic rings. The first-order chi connectivity index (χ1) is 8.24. The summed E-state index contributed by atoms with van der Waals surface area (Å²) in [4.78, 5) is 4.60. The fourth-order valence-corrected chi connectivity index (χ4v) is 2.22. The van der Waals surface area contributed by atoms with E-state index in [9.17, 15) is 0 Å². The van der Waals surface area contributed by atoms with Crippen molar-refractivity contribution in [2.24, 2.45) is 0 Å². The second kappa shape index (κ2) is 8.27. The number of rotatable bonds is 8. The lowest BCUT2D eigenvalue weighted by molar-refractivity contribution is 0.551. The van der Waals surface area contributed by atoms with Crippen molar-refractivity contribution in [1.29, 1.82) is 0 Å². The minimum absolute atomic E-state index is 0.612. The SMILES string of the molecule is CCCCCCCCC(C)c1cccc(C)n1. The number of nitrogens with zero attached hydrogens (tertiary/aromatic N) is 1. The fourth-order valence-electron chi connectivity index (χ4n) is 2.22. The third-order valence-corrected chi connectivity index (χ3v) is 3.41. The van der Waals surface area contributed by atoms with Gasteiger partial charge in [-0.15, -0.1) is 0 Å². The molecule has 1 aromatic heterocycles. The standard InChI is InChI=1S/C16H27N/c1-4-5-6-7-8-9-11-14(2)16-13-10-12-15(3)17-16/h10,12-14H,4-9,11H2,1-3H3. The molecule has 0 aliphatic carbocycles. The molecule has 1 aromatic rings. The van der Waals surface area contributed by atoms with Crippen LogP contribution < -0.4 is 0 Å². The van der Waals surface area contributed by atoms with Crippen LogP contribution >= 0.6 is 0 Å². The quantitative estimate of drug-likeness (QED) is 0.559. The monoisotopic (exact) mass is 233 g/mol. The van der Waals surface area contributed by atoms with Gasteiger partial charge in [-0.25, -0.2) is 0 Å². The molecule has 0 saturated heterocycles. The van der Waals surface area contributed by atoms with Gasteiger partial charge in [0.15, 0.2) is 0 Å². The number of pyridine rings is 1. The molecule has 0 fully saturated rings. The molecule has 1 rings (SSSR count). The Balaban J connectivity index is 2.19. The Labute approximate surface area is 107 Å². The van der Waals surface area contributed by atoms with Gasteiger partial charge in [-0.05, 0) is 31.4 Å². The molecule has 1 unspecified atom stereocenters. The maximum Gasteiger partial charge on any atom is 0.0434 e. The molecule has 0 aromatic carbocycles.